The van der Waals surface area contributed by atoms with Crippen LogP contribution in [0.4, 0.5) is 11.4 Å². The molecule has 0 bridgehead atoms. The Bertz CT molecular complexity index is 832. The van der Waals surface area contributed by atoms with E-state index in [0.717, 1.165) is 42.1 Å². The second-order valence-corrected chi connectivity index (χ2v) is 8.84. The predicted molar refractivity (Wildman–Crippen MR) is 121 cm³/mol. The Labute approximate surface area is 176 Å². The van der Waals surface area contributed by atoms with Crippen LogP contribution in [0.3, 0.4) is 0 Å². The number of allylic oxidation sites excluding steroid dienone is 1. The van der Waals surface area contributed by atoms with Crippen molar-refractivity contribution in [1.82, 2.24) is 0 Å². The van der Waals surface area contributed by atoms with Crippen molar-refractivity contribution in [3.63, 3.8) is 0 Å². The highest BCUT2D eigenvalue weighted by Crippen LogP contribution is 2.48. The van der Waals surface area contributed by atoms with Crippen LogP contribution in [0.2, 0.25) is 0 Å². The third kappa shape index (κ3) is 4.41. The number of anilines is 2. The average molecular weight is 414 g/mol. The molecule has 0 saturated heterocycles. The molecule has 28 heavy (non-hydrogen) atoms. The van der Waals surface area contributed by atoms with E-state index < -0.39 is 0 Å². The Kier molecular flexibility index (Phi) is 7.13. The molecule has 0 N–H and O–H groups in total. The largest absolute Gasteiger partial charge is 0.464 e. The smallest absolute Gasteiger partial charge is 0.145 e. The van der Waals surface area contributed by atoms with Gasteiger partial charge in [0.1, 0.15) is 12.0 Å². The van der Waals surface area contributed by atoms with Crippen molar-refractivity contribution in [1.29, 1.82) is 0 Å². The topological polar surface area (TPSA) is 29.5 Å². The van der Waals surface area contributed by atoms with Crippen LogP contribution >= 0.6 is 23.5 Å². The highest BCUT2D eigenvalue weighted by molar-refractivity contribution is 7.99. The second-order valence-electron chi connectivity index (χ2n) is 6.97. The molecule has 148 valence electrons. The third-order valence-corrected chi connectivity index (χ3v) is 7.64. The van der Waals surface area contributed by atoms with Gasteiger partial charge in [0, 0.05) is 29.0 Å². The first-order chi connectivity index (χ1) is 13.7. The van der Waals surface area contributed by atoms with E-state index in [1.807, 2.05) is 11.8 Å². The number of carbonyl (C=O) groups is 1. The fraction of sp³-hybridized carbons (Fsp3) is 0.348. The lowest BCUT2D eigenvalue weighted by molar-refractivity contribution is -0.104. The minimum atomic E-state index is 0.261. The first-order valence-electron chi connectivity index (χ1n) is 9.60. The van der Waals surface area contributed by atoms with Gasteiger partial charge in [-0.25, -0.2) is 0 Å². The zero-order chi connectivity index (χ0) is 20.0. The number of fused-ring (bicyclic) bond motifs is 1. The van der Waals surface area contributed by atoms with Crippen molar-refractivity contribution in [3.8, 4) is 5.75 Å². The fourth-order valence-electron chi connectivity index (χ4n) is 3.47. The van der Waals surface area contributed by atoms with Crippen molar-refractivity contribution >= 4 is 41.2 Å². The molecule has 1 aliphatic heterocycles. The molecule has 1 heterocycles. The molecule has 0 atom stereocenters. The van der Waals surface area contributed by atoms with E-state index in [1.165, 1.54) is 28.6 Å². The standard InChI is InChI=1S/C23H27NO2S2/c1-4-23(5-2)16-24(18-10-7-6-8-11-18)19-14-22(27-3)20(26-13-9-12-25)15-21(19)28-17-23/h6-15H,4-5,16-17H2,1-3H3/b13-9+. The second kappa shape index (κ2) is 9.57. The maximum absolute atomic E-state index is 10.6. The van der Waals surface area contributed by atoms with Gasteiger partial charge in [-0.1, -0.05) is 32.0 Å². The van der Waals surface area contributed by atoms with Crippen molar-refractivity contribution < 1.29 is 9.53 Å². The van der Waals surface area contributed by atoms with Crippen LogP contribution in [0.25, 0.3) is 0 Å². The molecule has 3 nitrogen and oxygen atoms in total. The summed E-state index contributed by atoms with van der Waals surface area (Å²) in [4.78, 5) is 15.3. The molecule has 0 amide bonds. The quantitative estimate of drug-likeness (QED) is 0.222. The SMILES string of the molecule is CCC1(CC)CSc2cc(O/C=C/C=O)c(SC)cc2N(c2ccccc2)C1. The highest BCUT2D eigenvalue weighted by Gasteiger charge is 2.34. The molecule has 5 heteroatoms. The highest BCUT2D eigenvalue weighted by atomic mass is 32.2. The van der Waals surface area contributed by atoms with Gasteiger partial charge in [0.2, 0.25) is 0 Å². The molecule has 0 radical (unpaired) electrons. The van der Waals surface area contributed by atoms with Crippen LogP contribution in [0.1, 0.15) is 26.7 Å². The number of benzene rings is 2. The maximum atomic E-state index is 10.6. The van der Waals surface area contributed by atoms with Crippen LogP contribution in [-0.2, 0) is 4.79 Å². The van der Waals surface area contributed by atoms with Gasteiger partial charge in [0.15, 0.2) is 0 Å². The zero-order valence-electron chi connectivity index (χ0n) is 16.7. The van der Waals surface area contributed by atoms with E-state index in [9.17, 15) is 4.79 Å². The summed E-state index contributed by atoms with van der Waals surface area (Å²) in [7, 11) is 0. The maximum Gasteiger partial charge on any atom is 0.145 e. The number of para-hydroxylation sites is 1. The van der Waals surface area contributed by atoms with E-state index in [1.54, 1.807) is 11.8 Å². The fourth-order valence-corrected chi connectivity index (χ4v) is 5.47. The molecule has 2 aromatic rings. The first-order valence-corrected chi connectivity index (χ1v) is 11.8. The third-order valence-electron chi connectivity index (χ3n) is 5.48. The lowest BCUT2D eigenvalue weighted by Gasteiger charge is -2.36. The number of rotatable bonds is 7. The molecule has 0 fully saturated rings. The molecule has 3 rings (SSSR count). The van der Waals surface area contributed by atoms with Gasteiger partial charge in [0.05, 0.1) is 16.8 Å². The van der Waals surface area contributed by atoms with E-state index in [-0.39, 0.29) is 5.41 Å². The van der Waals surface area contributed by atoms with Crippen molar-refractivity contribution in [2.24, 2.45) is 5.41 Å². The Morgan fingerprint density at radius 1 is 1.21 bits per heavy atom. The summed E-state index contributed by atoms with van der Waals surface area (Å²) in [5, 5.41) is 0. The van der Waals surface area contributed by atoms with Crippen LogP contribution in [0.15, 0.2) is 64.6 Å². The Hall–Kier alpha value is -1.85. The van der Waals surface area contributed by atoms with Crippen molar-refractivity contribution in [3.05, 3.63) is 54.8 Å². The van der Waals surface area contributed by atoms with Gasteiger partial charge in [-0.05, 0) is 48.8 Å². The normalized spacial score (nSPS) is 15.9. The van der Waals surface area contributed by atoms with Crippen LogP contribution < -0.4 is 9.64 Å². The van der Waals surface area contributed by atoms with Crippen LogP contribution in [-0.4, -0.2) is 24.8 Å². The molecule has 0 saturated carbocycles. The van der Waals surface area contributed by atoms with Crippen LogP contribution in [0.5, 0.6) is 5.75 Å². The molecule has 0 spiro atoms. The van der Waals surface area contributed by atoms with Gasteiger partial charge in [-0.3, -0.25) is 4.79 Å². The average Bonchev–Trinajstić information content (AvgIpc) is 2.91. The molecule has 2 aromatic carbocycles. The summed E-state index contributed by atoms with van der Waals surface area (Å²) < 4.78 is 5.76. The minimum absolute atomic E-state index is 0.261. The molecule has 1 aliphatic rings. The summed E-state index contributed by atoms with van der Waals surface area (Å²) in [5.41, 5.74) is 2.72. The number of carbonyl (C=O) groups excluding carboxylic acids is 1. The zero-order valence-corrected chi connectivity index (χ0v) is 18.3. The van der Waals surface area contributed by atoms with Gasteiger partial charge in [-0.2, -0.15) is 0 Å². The number of thioether (sulfide) groups is 2. The molecular weight excluding hydrogens is 386 g/mol. The lowest BCUT2D eigenvalue weighted by atomic mass is 9.83. The first kappa shape index (κ1) is 20.9. The molecule has 0 unspecified atom stereocenters. The van der Waals surface area contributed by atoms with E-state index in [4.69, 9.17) is 4.74 Å². The predicted octanol–water partition coefficient (Wildman–Crippen LogP) is 6.55. The van der Waals surface area contributed by atoms with Gasteiger partial charge in [0.25, 0.3) is 0 Å². The summed E-state index contributed by atoms with van der Waals surface area (Å²) in [6, 6.07) is 15.0. The van der Waals surface area contributed by atoms with Crippen molar-refractivity contribution in [2.75, 3.05) is 23.5 Å². The Balaban J connectivity index is 2.11. The van der Waals surface area contributed by atoms with Gasteiger partial charge >= 0.3 is 0 Å². The Morgan fingerprint density at radius 2 is 1.96 bits per heavy atom. The summed E-state index contributed by atoms with van der Waals surface area (Å²) in [5.74, 6) is 1.88. The summed E-state index contributed by atoms with van der Waals surface area (Å²) in [6.07, 6.45) is 7.90. The number of nitrogens with zero attached hydrogens (tertiary/aromatic N) is 1. The van der Waals surface area contributed by atoms with Crippen LogP contribution in [0, 0.1) is 5.41 Å². The van der Waals surface area contributed by atoms with Gasteiger partial charge < -0.3 is 9.64 Å². The lowest BCUT2D eigenvalue weighted by Crippen LogP contribution is -2.35. The molecular formula is C23H27NO2S2. The Morgan fingerprint density at radius 3 is 2.61 bits per heavy atom. The van der Waals surface area contributed by atoms with E-state index in [0.29, 0.717) is 0 Å². The summed E-state index contributed by atoms with van der Waals surface area (Å²) in [6.45, 7) is 5.60. The number of aldehydes is 1. The molecule has 0 aromatic heterocycles. The van der Waals surface area contributed by atoms with E-state index >= 15 is 0 Å². The number of hydrogen-bond acceptors (Lipinski definition) is 5. The monoisotopic (exact) mass is 413 g/mol. The molecule has 0 aliphatic carbocycles. The van der Waals surface area contributed by atoms with E-state index in [2.05, 4.69) is 67.5 Å². The van der Waals surface area contributed by atoms with Crippen molar-refractivity contribution in [2.45, 2.75) is 36.5 Å². The van der Waals surface area contributed by atoms with Gasteiger partial charge in [-0.15, -0.1) is 23.5 Å². The summed E-state index contributed by atoms with van der Waals surface area (Å²) >= 11 is 3.57. The minimum Gasteiger partial charge on any atom is -0.464 e. The number of ether oxygens (including phenoxy) is 1. The number of hydrogen-bond donors (Lipinski definition) is 0.